The van der Waals surface area contributed by atoms with Crippen molar-refractivity contribution >= 4 is 0 Å². The molecule has 0 aliphatic carbocycles. The van der Waals surface area contributed by atoms with E-state index in [0.29, 0.717) is 6.54 Å². The summed E-state index contributed by atoms with van der Waals surface area (Å²) in [5.74, 6) is 0.998. The van der Waals surface area contributed by atoms with E-state index in [2.05, 4.69) is 16.3 Å². The Kier molecular flexibility index (Phi) is 2.15. The molecule has 0 spiro atoms. The number of ether oxygens (including phenoxy) is 1. The molecule has 1 aliphatic heterocycles. The summed E-state index contributed by atoms with van der Waals surface area (Å²) in [4.78, 5) is 0. The molecule has 3 rings (SSSR count). The fraction of sp³-hybridized carbons (Fsp3) is 0.250. The number of nitrogens with one attached hydrogen (secondary N) is 1. The average Bonchev–Trinajstić information content (AvgIpc) is 2.96. The van der Waals surface area contributed by atoms with Gasteiger partial charge in [-0.05, 0) is 23.8 Å². The van der Waals surface area contributed by atoms with E-state index in [1.807, 2.05) is 12.1 Å². The normalized spacial score (nSPS) is 13.6. The molecule has 16 heavy (non-hydrogen) atoms. The molecule has 0 radical (unpaired) electrons. The molecule has 0 amide bonds. The smallest absolute Gasteiger partial charge is 0.122 e. The maximum Gasteiger partial charge on any atom is 0.122 e. The SMILES string of the molecule is NCc1cn[nH]c1-c1ccc2c(c1)CCO2. The van der Waals surface area contributed by atoms with Crippen LogP contribution in [0.5, 0.6) is 5.75 Å². The number of hydrogen-bond acceptors (Lipinski definition) is 3. The van der Waals surface area contributed by atoms with Gasteiger partial charge < -0.3 is 10.5 Å². The molecule has 2 heterocycles. The third-order valence-electron chi connectivity index (χ3n) is 2.92. The van der Waals surface area contributed by atoms with E-state index < -0.39 is 0 Å². The number of hydrogen-bond donors (Lipinski definition) is 2. The topological polar surface area (TPSA) is 63.9 Å². The number of aromatic nitrogens is 2. The highest BCUT2D eigenvalue weighted by Gasteiger charge is 2.14. The third-order valence-corrected chi connectivity index (χ3v) is 2.92. The van der Waals surface area contributed by atoms with Gasteiger partial charge in [0.15, 0.2) is 0 Å². The summed E-state index contributed by atoms with van der Waals surface area (Å²) >= 11 is 0. The molecule has 3 N–H and O–H groups in total. The molecule has 1 aromatic carbocycles. The quantitative estimate of drug-likeness (QED) is 0.797. The summed E-state index contributed by atoms with van der Waals surface area (Å²) in [7, 11) is 0. The average molecular weight is 215 g/mol. The van der Waals surface area contributed by atoms with E-state index in [-0.39, 0.29) is 0 Å². The summed E-state index contributed by atoms with van der Waals surface area (Å²) in [5, 5.41) is 7.02. The van der Waals surface area contributed by atoms with Crippen LogP contribution in [0.2, 0.25) is 0 Å². The van der Waals surface area contributed by atoms with Crippen molar-refractivity contribution in [1.82, 2.24) is 10.2 Å². The van der Waals surface area contributed by atoms with Crippen molar-refractivity contribution < 1.29 is 4.74 Å². The highest BCUT2D eigenvalue weighted by molar-refractivity contribution is 5.65. The molecule has 1 aliphatic rings. The molecule has 0 atom stereocenters. The standard InChI is InChI=1S/C12H13N3O/c13-6-10-7-14-15-12(10)9-1-2-11-8(5-9)3-4-16-11/h1-2,5,7H,3-4,6,13H2,(H,14,15). The fourth-order valence-electron chi connectivity index (χ4n) is 2.06. The van der Waals surface area contributed by atoms with Gasteiger partial charge in [-0.15, -0.1) is 0 Å². The van der Waals surface area contributed by atoms with Crippen molar-refractivity contribution in [2.75, 3.05) is 6.61 Å². The van der Waals surface area contributed by atoms with Crippen molar-refractivity contribution in [3.05, 3.63) is 35.5 Å². The Morgan fingerprint density at radius 2 is 2.38 bits per heavy atom. The predicted octanol–water partition coefficient (Wildman–Crippen LogP) is 1.47. The van der Waals surface area contributed by atoms with Gasteiger partial charge in [-0.25, -0.2) is 0 Å². The van der Waals surface area contributed by atoms with Crippen LogP contribution in [-0.4, -0.2) is 16.8 Å². The van der Waals surface area contributed by atoms with Gasteiger partial charge in [-0.2, -0.15) is 5.10 Å². The van der Waals surface area contributed by atoms with Gasteiger partial charge in [-0.3, -0.25) is 5.10 Å². The van der Waals surface area contributed by atoms with Crippen molar-refractivity contribution in [2.24, 2.45) is 5.73 Å². The zero-order valence-corrected chi connectivity index (χ0v) is 8.86. The Morgan fingerprint density at radius 3 is 3.25 bits per heavy atom. The molecule has 0 fully saturated rings. The van der Waals surface area contributed by atoms with E-state index in [9.17, 15) is 0 Å². The molecule has 2 aromatic rings. The minimum atomic E-state index is 0.499. The van der Waals surface area contributed by atoms with Crippen molar-refractivity contribution in [3.63, 3.8) is 0 Å². The van der Waals surface area contributed by atoms with Gasteiger partial charge in [0.2, 0.25) is 0 Å². The number of rotatable bonds is 2. The monoisotopic (exact) mass is 215 g/mol. The lowest BCUT2D eigenvalue weighted by Gasteiger charge is -2.04. The molecule has 0 saturated carbocycles. The summed E-state index contributed by atoms with van der Waals surface area (Å²) in [6.45, 7) is 1.28. The lowest BCUT2D eigenvalue weighted by atomic mass is 10.0. The van der Waals surface area contributed by atoms with Crippen LogP contribution in [0.15, 0.2) is 24.4 Å². The Labute approximate surface area is 93.4 Å². The molecular formula is C12H13N3O. The van der Waals surface area contributed by atoms with Crippen LogP contribution < -0.4 is 10.5 Å². The zero-order valence-electron chi connectivity index (χ0n) is 8.86. The van der Waals surface area contributed by atoms with Gasteiger partial charge in [0.25, 0.3) is 0 Å². The first-order chi connectivity index (χ1) is 7.88. The van der Waals surface area contributed by atoms with E-state index in [1.54, 1.807) is 6.20 Å². The highest BCUT2D eigenvalue weighted by Crippen LogP contribution is 2.30. The van der Waals surface area contributed by atoms with E-state index >= 15 is 0 Å². The van der Waals surface area contributed by atoms with Gasteiger partial charge in [0.05, 0.1) is 18.5 Å². The van der Waals surface area contributed by atoms with Gasteiger partial charge in [-0.1, -0.05) is 0 Å². The predicted molar refractivity (Wildman–Crippen MR) is 61.1 cm³/mol. The zero-order chi connectivity index (χ0) is 11.0. The first kappa shape index (κ1) is 9.42. The molecule has 0 unspecified atom stereocenters. The molecule has 82 valence electrons. The highest BCUT2D eigenvalue weighted by atomic mass is 16.5. The fourth-order valence-corrected chi connectivity index (χ4v) is 2.06. The van der Waals surface area contributed by atoms with Crippen molar-refractivity contribution in [3.8, 4) is 17.0 Å². The maximum absolute atomic E-state index is 5.66. The minimum absolute atomic E-state index is 0.499. The van der Waals surface area contributed by atoms with Crippen LogP contribution in [0.3, 0.4) is 0 Å². The number of aromatic amines is 1. The first-order valence-electron chi connectivity index (χ1n) is 5.37. The third kappa shape index (κ3) is 1.39. The van der Waals surface area contributed by atoms with Gasteiger partial charge >= 0.3 is 0 Å². The number of nitrogens with two attached hydrogens (primary N) is 1. The maximum atomic E-state index is 5.66. The Hall–Kier alpha value is -1.81. The second-order valence-corrected chi connectivity index (χ2v) is 3.90. The van der Waals surface area contributed by atoms with Crippen LogP contribution in [-0.2, 0) is 13.0 Å². The largest absolute Gasteiger partial charge is 0.493 e. The van der Waals surface area contributed by atoms with Gasteiger partial charge in [0, 0.05) is 24.1 Å². The molecule has 0 saturated heterocycles. The first-order valence-corrected chi connectivity index (χ1v) is 5.37. The van der Waals surface area contributed by atoms with Crippen LogP contribution in [0.1, 0.15) is 11.1 Å². The second kappa shape index (κ2) is 3.64. The van der Waals surface area contributed by atoms with Crippen molar-refractivity contribution in [1.29, 1.82) is 0 Å². The van der Waals surface area contributed by atoms with Crippen LogP contribution >= 0.6 is 0 Å². The summed E-state index contributed by atoms with van der Waals surface area (Å²) < 4.78 is 5.48. The van der Waals surface area contributed by atoms with Crippen LogP contribution in [0.25, 0.3) is 11.3 Å². The lowest BCUT2D eigenvalue weighted by Crippen LogP contribution is -1.96. The Morgan fingerprint density at radius 1 is 1.44 bits per heavy atom. The molecule has 4 heteroatoms. The lowest BCUT2D eigenvalue weighted by molar-refractivity contribution is 0.357. The number of fused-ring (bicyclic) bond motifs is 1. The molecule has 4 nitrogen and oxygen atoms in total. The molecule has 0 bridgehead atoms. The second-order valence-electron chi connectivity index (χ2n) is 3.90. The van der Waals surface area contributed by atoms with E-state index in [4.69, 9.17) is 10.5 Å². The molecular weight excluding hydrogens is 202 g/mol. The van der Waals surface area contributed by atoms with Crippen LogP contribution in [0.4, 0.5) is 0 Å². The number of benzene rings is 1. The Balaban J connectivity index is 2.07. The Bertz CT molecular complexity index is 519. The van der Waals surface area contributed by atoms with E-state index in [0.717, 1.165) is 35.6 Å². The summed E-state index contributed by atoms with van der Waals surface area (Å²) in [6, 6.07) is 6.20. The van der Waals surface area contributed by atoms with E-state index in [1.165, 1.54) is 5.56 Å². The number of nitrogens with zero attached hydrogens (tertiary/aromatic N) is 1. The van der Waals surface area contributed by atoms with Crippen molar-refractivity contribution in [2.45, 2.75) is 13.0 Å². The summed E-state index contributed by atoms with van der Waals surface area (Å²) in [6.07, 6.45) is 2.76. The number of H-pyrrole nitrogens is 1. The summed E-state index contributed by atoms with van der Waals surface area (Å²) in [5.41, 5.74) is 10.1. The van der Waals surface area contributed by atoms with Crippen LogP contribution in [0, 0.1) is 0 Å². The minimum Gasteiger partial charge on any atom is -0.493 e. The van der Waals surface area contributed by atoms with Gasteiger partial charge in [0.1, 0.15) is 5.75 Å². The molecule has 1 aromatic heterocycles.